The first-order valence-electron chi connectivity index (χ1n) is 8.55. The minimum Gasteiger partial charge on any atom is -0.476 e. The van der Waals surface area contributed by atoms with Crippen LogP contribution in [0, 0.1) is 5.92 Å². The topological polar surface area (TPSA) is 80.6 Å². The number of nitrogens with one attached hydrogen (secondary N) is 2. The first kappa shape index (κ1) is 16.0. The van der Waals surface area contributed by atoms with Crippen molar-refractivity contribution in [1.82, 2.24) is 25.0 Å². The molecule has 2 N–H and O–H groups in total. The van der Waals surface area contributed by atoms with Crippen LogP contribution >= 0.6 is 0 Å². The molecule has 0 amide bonds. The van der Waals surface area contributed by atoms with Crippen molar-refractivity contribution in [2.45, 2.75) is 12.3 Å². The summed E-state index contributed by atoms with van der Waals surface area (Å²) in [5.74, 6) is -2.31. The van der Waals surface area contributed by atoms with Crippen LogP contribution in [-0.2, 0) is 7.05 Å². The van der Waals surface area contributed by atoms with Gasteiger partial charge in [-0.1, -0.05) is 0 Å². The molecule has 4 aromatic rings. The third-order valence-electron chi connectivity index (χ3n) is 4.78. The molecule has 1 aliphatic carbocycles. The van der Waals surface area contributed by atoms with Crippen LogP contribution in [0.15, 0.2) is 36.5 Å². The zero-order valence-electron chi connectivity index (χ0n) is 14.4. The third kappa shape index (κ3) is 2.75. The number of fused-ring (bicyclic) bond motifs is 2. The molecule has 0 spiro atoms. The fourth-order valence-electron chi connectivity index (χ4n) is 3.12. The fourth-order valence-corrected chi connectivity index (χ4v) is 3.12. The number of aromatic amines is 1. The Morgan fingerprint density at radius 2 is 2.22 bits per heavy atom. The second kappa shape index (κ2) is 5.63. The van der Waals surface area contributed by atoms with Crippen LogP contribution in [-0.4, -0.2) is 37.5 Å². The van der Waals surface area contributed by atoms with Crippen LogP contribution < -0.4 is 10.1 Å². The molecule has 1 saturated carbocycles. The lowest BCUT2D eigenvalue weighted by Gasteiger charge is -2.05. The Kier molecular flexibility index (Phi) is 3.33. The monoisotopic (exact) mass is 370 g/mol. The number of aromatic nitrogens is 5. The molecule has 1 atom stereocenters. The number of benzene rings is 1. The highest BCUT2D eigenvalue weighted by Gasteiger charge is 2.57. The van der Waals surface area contributed by atoms with E-state index in [4.69, 9.17) is 4.74 Å². The van der Waals surface area contributed by atoms with Gasteiger partial charge in [0.25, 0.3) is 5.92 Å². The molecular weight excluding hydrogens is 354 g/mol. The van der Waals surface area contributed by atoms with E-state index >= 15 is 0 Å². The molecule has 0 bridgehead atoms. The number of H-pyrrole nitrogens is 1. The molecule has 27 heavy (non-hydrogen) atoms. The predicted molar refractivity (Wildman–Crippen MR) is 96.4 cm³/mol. The number of ether oxygens (including phenoxy) is 1. The largest absolute Gasteiger partial charge is 0.476 e. The number of anilines is 2. The summed E-state index contributed by atoms with van der Waals surface area (Å²) in [6.45, 7) is -0.0238. The highest BCUT2D eigenvalue weighted by atomic mass is 19.3. The van der Waals surface area contributed by atoms with Gasteiger partial charge in [-0.05, 0) is 30.3 Å². The smallest absolute Gasteiger partial charge is 0.255 e. The Bertz CT molecular complexity index is 1150. The highest BCUT2D eigenvalue weighted by Crippen LogP contribution is 2.48. The van der Waals surface area contributed by atoms with E-state index in [1.165, 1.54) is 0 Å². The zero-order chi connectivity index (χ0) is 18.6. The van der Waals surface area contributed by atoms with Gasteiger partial charge in [0.05, 0.1) is 28.9 Å². The lowest BCUT2D eigenvalue weighted by atomic mass is 10.2. The molecule has 7 nitrogen and oxygen atoms in total. The van der Waals surface area contributed by atoms with Crippen molar-refractivity contribution < 1.29 is 13.5 Å². The number of nitrogens with zero attached hydrogens (tertiary/aromatic N) is 4. The lowest BCUT2D eigenvalue weighted by molar-refractivity contribution is 0.0851. The molecule has 3 aromatic heterocycles. The van der Waals surface area contributed by atoms with Gasteiger partial charge >= 0.3 is 0 Å². The maximum Gasteiger partial charge on any atom is 0.255 e. The highest BCUT2D eigenvalue weighted by molar-refractivity contribution is 5.91. The number of hydrogen-bond acceptors (Lipinski definition) is 5. The number of alkyl halides is 2. The van der Waals surface area contributed by atoms with E-state index in [1.54, 1.807) is 17.9 Å². The van der Waals surface area contributed by atoms with Crippen LogP contribution in [0.4, 0.5) is 20.3 Å². The number of rotatable bonds is 5. The standard InChI is InChI=1S/C18H16F2N6O/c1-26-14-7-11(22-16-15-13(23-24-16)3-2-6-21-15)4-5-12(14)17(25-26)27-9-10-8-18(10,19)20/h2-7,10H,8-9H2,1H3,(H2,22,23,24). The average molecular weight is 370 g/mol. The molecule has 9 heteroatoms. The van der Waals surface area contributed by atoms with Crippen molar-refractivity contribution in [3.05, 3.63) is 36.5 Å². The Hall–Kier alpha value is -3.23. The van der Waals surface area contributed by atoms with Crippen molar-refractivity contribution in [3.63, 3.8) is 0 Å². The quantitative estimate of drug-likeness (QED) is 0.561. The molecule has 0 radical (unpaired) electrons. The summed E-state index contributed by atoms with van der Waals surface area (Å²) >= 11 is 0. The molecule has 1 unspecified atom stereocenters. The van der Waals surface area contributed by atoms with E-state index in [1.807, 2.05) is 30.3 Å². The molecular formula is C18H16F2N6O. The Morgan fingerprint density at radius 3 is 3.04 bits per heavy atom. The first-order chi connectivity index (χ1) is 13.0. The maximum atomic E-state index is 13.0. The van der Waals surface area contributed by atoms with Crippen molar-refractivity contribution in [3.8, 4) is 5.88 Å². The average Bonchev–Trinajstić information content (AvgIpc) is 2.97. The van der Waals surface area contributed by atoms with Gasteiger partial charge in [-0.2, -0.15) is 5.10 Å². The lowest BCUT2D eigenvalue weighted by Crippen LogP contribution is -2.06. The van der Waals surface area contributed by atoms with Crippen LogP contribution in [0.1, 0.15) is 6.42 Å². The van der Waals surface area contributed by atoms with Crippen molar-refractivity contribution in [1.29, 1.82) is 0 Å². The van der Waals surface area contributed by atoms with E-state index < -0.39 is 11.8 Å². The normalized spacial score (nSPS) is 18.1. The van der Waals surface area contributed by atoms with E-state index in [9.17, 15) is 8.78 Å². The summed E-state index contributed by atoms with van der Waals surface area (Å²) < 4.78 is 33.3. The molecule has 3 heterocycles. The van der Waals surface area contributed by atoms with Gasteiger partial charge in [0.15, 0.2) is 5.82 Å². The first-order valence-corrected chi connectivity index (χ1v) is 8.55. The molecule has 5 rings (SSSR count). The minimum absolute atomic E-state index is 0.0238. The van der Waals surface area contributed by atoms with Crippen molar-refractivity contribution in [2.24, 2.45) is 13.0 Å². The van der Waals surface area contributed by atoms with Gasteiger partial charge in [-0.3, -0.25) is 14.8 Å². The van der Waals surface area contributed by atoms with Gasteiger partial charge in [0.1, 0.15) is 5.52 Å². The molecule has 1 aliphatic rings. The zero-order valence-corrected chi connectivity index (χ0v) is 14.4. The summed E-state index contributed by atoms with van der Waals surface area (Å²) in [6.07, 6.45) is 1.60. The Balaban J connectivity index is 1.41. The third-order valence-corrected chi connectivity index (χ3v) is 4.78. The molecule has 1 aromatic carbocycles. The maximum absolute atomic E-state index is 13.0. The van der Waals surface area contributed by atoms with Crippen LogP contribution in [0.2, 0.25) is 0 Å². The molecule has 138 valence electrons. The number of pyridine rings is 1. The minimum atomic E-state index is -2.60. The summed E-state index contributed by atoms with van der Waals surface area (Å²) in [5.41, 5.74) is 3.22. The van der Waals surface area contributed by atoms with E-state index in [-0.39, 0.29) is 13.0 Å². The van der Waals surface area contributed by atoms with E-state index in [2.05, 4.69) is 25.6 Å². The van der Waals surface area contributed by atoms with Gasteiger partial charge in [-0.15, -0.1) is 5.10 Å². The number of aryl methyl sites for hydroxylation is 1. The molecule has 0 saturated heterocycles. The summed E-state index contributed by atoms with van der Waals surface area (Å²) in [5, 5.41) is 15.5. The second-order valence-electron chi connectivity index (χ2n) is 6.73. The van der Waals surface area contributed by atoms with Crippen molar-refractivity contribution >= 4 is 33.4 Å². The summed E-state index contributed by atoms with van der Waals surface area (Å²) in [7, 11) is 1.79. The Morgan fingerprint density at radius 1 is 1.37 bits per heavy atom. The van der Waals surface area contributed by atoms with Gasteiger partial charge in [0.2, 0.25) is 5.88 Å². The Labute approximate surface area is 152 Å². The van der Waals surface area contributed by atoms with Crippen LogP contribution in [0.3, 0.4) is 0 Å². The predicted octanol–water partition coefficient (Wildman–Crippen LogP) is 3.62. The van der Waals surface area contributed by atoms with Crippen molar-refractivity contribution in [2.75, 3.05) is 11.9 Å². The summed E-state index contributed by atoms with van der Waals surface area (Å²) in [6, 6.07) is 9.37. The fraction of sp³-hybridized carbons (Fsp3) is 0.278. The number of hydrogen-bond donors (Lipinski definition) is 2. The van der Waals surface area contributed by atoms with E-state index in [0.29, 0.717) is 11.7 Å². The number of halogens is 2. The van der Waals surface area contributed by atoms with Gasteiger partial charge in [0, 0.05) is 25.4 Å². The second-order valence-corrected chi connectivity index (χ2v) is 6.73. The van der Waals surface area contributed by atoms with Gasteiger partial charge < -0.3 is 10.1 Å². The van der Waals surface area contributed by atoms with E-state index in [0.717, 1.165) is 27.6 Å². The SMILES string of the molecule is Cn1nc(OCC2CC2(F)F)c2ccc(Nc3n[nH]c4cccnc34)cc21. The van der Waals surface area contributed by atoms with Crippen LogP contribution in [0.5, 0.6) is 5.88 Å². The van der Waals surface area contributed by atoms with Crippen LogP contribution in [0.25, 0.3) is 21.9 Å². The molecule has 1 fully saturated rings. The van der Waals surface area contributed by atoms with Gasteiger partial charge in [-0.25, -0.2) is 8.78 Å². The summed E-state index contributed by atoms with van der Waals surface area (Å²) in [4.78, 5) is 4.32. The molecule has 0 aliphatic heterocycles.